The zero-order valence-corrected chi connectivity index (χ0v) is 14.5. The molecular formula is C17H12N8S. The molecule has 0 aliphatic carbocycles. The van der Waals surface area contributed by atoms with Crippen LogP contribution in [0.5, 0.6) is 0 Å². The topological polar surface area (TPSA) is 105 Å². The molecule has 0 radical (unpaired) electrons. The Hall–Kier alpha value is -3.51. The number of fused-ring (bicyclic) bond motifs is 1. The third kappa shape index (κ3) is 3.18. The van der Waals surface area contributed by atoms with Crippen molar-refractivity contribution in [3.63, 3.8) is 0 Å². The fraction of sp³-hybridized carbons (Fsp3) is 0.0588. The molecule has 26 heavy (non-hydrogen) atoms. The van der Waals surface area contributed by atoms with Gasteiger partial charge in [0.25, 0.3) is 0 Å². The molecular weight excluding hydrogens is 348 g/mol. The minimum absolute atomic E-state index is 0.510. The maximum absolute atomic E-state index is 9.22. The SMILES string of the molecule is Cn1ccc(Nc2ncnc3ccc(Sc4ncccc4C#N)nc23)n1. The van der Waals surface area contributed by atoms with Crippen molar-refractivity contribution in [2.45, 2.75) is 10.1 Å². The first-order valence-electron chi connectivity index (χ1n) is 7.64. The minimum Gasteiger partial charge on any atom is -0.322 e. The molecule has 1 N–H and O–H groups in total. The molecule has 0 aliphatic rings. The van der Waals surface area contributed by atoms with E-state index in [-0.39, 0.29) is 0 Å². The van der Waals surface area contributed by atoms with E-state index in [4.69, 9.17) is 0 Å². The number of pyridine rings is 2. The van der Waals surface area contributed by atoms with Crippen LogP contribution in [0, 0.1) is 11.3 Å². The fourth-order valence-corrected chi connectivity index (χ4v) is 3.14. The first-order valence-corrected chi connectivity index (χ1v) is 8.46. The van der Waals surface area contributed by atoms with Crippen LogP contribution in [0.2, 0.25) is 0 Å². The van der Waals surface area contributed by atoms with Gasteiger partial charge in [-0.3, -0.25) is 4.68 Å². The first-order chi connectivity index (χ1) is 12.7. The summed E-state index contributed by atoms with van der Waals surface area (Å²) < 4.78 is 1.70. The Morgan fingerprint density at radius 1 is 1.15 bits per heavy atom. The van der Waals surface area contributed by atoms with Crippen molar-refractivity contribution in [1.82, 2.24) is 29.7 Å². The maximum atomic E-state index is 9.22. The highest BCUT2D eigenvalue weighted by Gasteiger charge is 2.11. The molecule has 4 rings (SSSR count). The Labute approximate surface area is 153 Å². The summed E-state index contributed by atoms with van der Waals surface area (Å²) in [6.07, 6.45) is 4.97. The zero-order valence-electron chi connectivity index (χ0n) is 13.7. The number of nitriles is 1. The van der Waals surface area contributed by atoms with Crippen molar-refractivity contribution < 1.29 is 0 Å². The van der Waals surface area contributed by atoms with Gasteiger partial charge in [-0.2, -0.15) is 10.4 Å². The summed E-state index contributed by atoms with van der Waals surface area (Å²) in [7, 11) is 1.84. The number of nitrogens with one attached hydrogen (secondary N) is 1. The number of nitrogens with zero attached hydrogens (tertiary/aromatic N) is 7. The molecule has 0 atom stereocenters. The smallest absolute Gasteiger partial charge is 0.161 e. The van der Waals surface area contributed by atoms with E-state index in [9.17, 15) is 5.26 Å². The molecule has 0 unspecified atom stereocenters. The lowest BCUT2D eigenvalue weighted by Gasteiger charge is -2.07. The fourth-order valence-electron chi connectivity index (χ4n) is 2.33. The predicted octanol–water partition coefficient (Wildman–Crippen LogP) is 2.92. The number of anilines is 2. The number of hydrogen-bond acceptors (Lipinski definition) is 8. The Morgan fingerprint density at radius 2 is 2.08 bits per heavy atom. The number of aryl methyl sites for hydroxylation is 1. The van der Waals surface area contributed by atoms with Gasteiger partial charge in [0, 0.05) is 25.5 Å². The van der Waals surface area contributed by atoms with E-state index < -0.39 is 0 Å². The summed E-state index contributed by atoms with van der Waals surface area (Å²) in [5, 5.41) is 18.0. The Bertz CT molecular complexity index is 1130. The summed E-state index contributed by atoms with van der Waals surface area (Å²) in [6.45, 7) is 0. The van der Waals surface area contributed by atoms with Gasteiger partial charge in [0.1, 0.15) is 28.0 Å². The molecule has 0 saturated carbocycles. The average molecular weight is 360 g/mol. The molecule has 0 fully saturated rings. The third-order valence-electron chi connectivity index (χ3n) is 3.51. The van der Waals surface area contributed by atoms with Crippen molar-refractivity contribution in [2.24, 2.45) is 7.05 Å². The van der Waals surface area contributed by atoms with Crippen LogP contribution >= 0.6 is 11.8 Å². The van der Waals surface area contributed by atoms with Crippen molar-refractivity contribution in [2.75, 3.05) is 5.32 Å². The van der Waals surface area contributed by atoms with Crippen LogP contribution in [0.15, 0.2) is 59.1 Å². The van der Waals surface area contributed by atoms with E-state index in [1.54, 1.807) is 23.0 Å². The van der Waals surface area contributed by atoms with E-state index in [1.165, 1.54) is 18.1 Å². The first kappa shape index (κ1) is 16.0. The predicted molar refractivity (Wildman–Crippen MR) is 96.9 cm³/mol. The summed E-state index contributed by atoms with van der Waals surface area (Å²) in [4.78, 5) is 17.4. The van der Waals surface area contributed by atoms with Gasteiger partial charge in [0.15, 0.2) is 11.6 Å². The second-order valence-corrected chi connectivity index (χ2v) is 6.32. The van der Waals surface area contributed by atoms with Crippen LogP contribution in [-0.4, -0.2) is 29.7 Å². The molecule has 126 valence electrons. The van der Waals surface area contributed by atoms with E-state index in [0.29, 0.717) is 38.3 Å². The van der Waals surface area contributed by atoms with Gasteiger partial charge in [0.05, 0.1) is 11.1 Å². The van der Waals surface area contributed by atoms with Crippen LogP contribution in [0.1, 0.15) is 5.56 Å². The largest absolute Gasteiger partial charge is 0.322 e. The lowest BCUT2D eigenvalue weighted by Crippen LogP contribution is -1.99. The highest BCUT2D eigenvalue weighted by molar-refractivity contribution is 7.99. The third-order valence-corrected chi connectivity index (χ3v) is 4.46. The number of aromatic nitrogens is 6. The molecule has 0 aromatic carbocycles. The monoisotopic (exact) mass is 360 g/mol. The Balaban J connectivity index is 1.72. The van der Waals surface area contributed by atoms with Crippen LogP contribution in [0.3, 0.4) is 0 Å². The van der Waals surface area contributed by atoms with Crippen LogP contribution in [-0.2, 0) is 7.05 Å². The molecule has 4 aromatic heterocycles. The highest BCUT2D eigenvalue weighted by atomic mass is 32.2. The maximum Gasteiger partial charge on any atom is 0.161 e. The average Bonchev–Trinajstić information content (AvgIpc) is 3.07. The second-order valence-electron chi connectivity index (χ2n) is 5.31. The van der Waals surface area contributed by atoms with Crippen LogP contribution < -0.4 is 5.32 Å². The van der Waals surface area contributed by atoms with E-state index in [1.807, 2.05) is 31.4 Å². The molecule has 8 nitrogen and oxygen atoms in total. The molecule has 0 amide bonds. The Morgan fingerprint density at radius 3 is 2.88 bits per heavy atom. The van der Waals surface area contributed by atoms with Crippen LogP contribution in [0.4, 0.5) is 11.6 Å². The highest BCUT2D eigenvalue weighted by Crippen LogP contribution is 2.29. The number of rotatable bonds is 4. The lowest BCUT2D eigenvalue weighted by molar-refractivity contribution is 0.771. The zero-order chi connectivity index (χ0) is 17.9. The van der Waals surface area contributed by atoms with Gasteiger partial charge in [-0.1, -0.05) is 0 Å². The molecule has 4 aromatic rings. The summed E-state index contributed by atoms with van der Waals surface area (Å²) >= 11 is 1.32. The standard InChI is InChI=1S/C17H12N8S/c1-25-8-6-13(24-25)22-16-15-12(20-10-21-16)4-5-14(23-15)26-17-11(9-18)3-2-7-19-17/h2-8,10H,1H3,(H,20,21,22,24). The van der Waals surface area contributed by atoms with E-state index in [0.717, 1.165) is 0 Å². The summed E-state index contributed by atoms with van der Waals surface area (Å²) in [6, 6.07) is 11.2. The minimum atomic E-state index is 0.510. The molecule has 0 saturated heterocycles. The van der Waals surface area contributed by atoms with Crippen molar-refractivity contribution in [1.29, 1.82) is 5.26 Å². The van der Waals surface area contributed by atoms with Gasteiger partial charge in [-0.15, -0.1) is 0 Å². The normalized spacial score (nSPS) is 10.6. The van der Waals surface area contributed by atoms with Gasteiger partial charge in [0.2, 0.25) is 0 Å². The van der Waals surface area contributed by atoms with Crippen molar-refractivity contribution in [3.05, 3.63) is 54.6 Å². The molecule has 0 spiro atoms. The van der Waals surface area contributed by atoms with Crippen molar-refractivity contribution >= 4 is 34.4 Å². The molecule has 4 heterocycles. The summed E-state index contributed by atoms with van der Waals surface area (Å²) in [5.41, 5.74) is 1.84. The lowest BCUT2D eigenvalue weighted by atomic mass is 10.3. The molecule has 0 bridgehead atoms. The Kier molecular flexibility index (Phi) is 4.17. The molecule has 9 heteroatoms. The van der Waals surface area contributed by atoms with Crippen LogP contribution in [0.25, 0.3) is 11.0 Å². The van der Waals surface area contributed by atoms with E-state index in [2.05, 4.69) is 36.4 Å². The van der Waals surface area contributed by atoms with E-state index >= 15 is 0 Å². The van der Waals surface area contributed by atoms with Gasteiger partial charge in [-0.05, 0) is 36.0 Å². The summed E-state index contributed by atoms with van der Waals surface area (Å²) in [5.74, 6) is 1.24. The van der Waals surface area contributed by atoms with Gasteiger partial charge >= 0.3 is 0 Å². The number of hydrogen-bond donors (Lipinski definition) is 1. The van der Waals surface area contributed by atoms with Gasteiger partial charge in [-0.25, -0.2) is 19.9 Å². The molecule has 0 aliphatic heterocycles. The van der Waals surface area contributed by atoms with Crippen molar-refractivity contribution in [3.8, 4) is 6.07 Å². The second kappa shape index (κ2) is 6.78. The van der Waals surface area contributed by atoms with Gasteiger partial charge < -0.3 is 5.32 Å². The quantitative estimate of drug-likeness (QED) is 0.592.